The van der Waals surface area contributed by atoms with E-state index in [2.05, 4.69) is 0 Å². The number of hydrogen-bond donors (Lipinski definition) is 0. The Hall–Kier alpha value is -3.05. The monoisotopic (exact) mass is 308 g/mol. The highest BCUT2D eigenvalue weighted by atomic mass is 16.5. The van der Waals surface area contributed by atoms with Gasteiger partial charge in [-0.2, -0.15) is 10.5 Å². The second kappa shape index (κ2) is 5.98. The number of hydrogen-bond acceptors (Lipinski definition) is 5. The minimum atomic E-state index is -0.560. The van der Waals surface area contributed by atoms with Crippen LogP contribution < -0.4 is 0 Å². The van der Waals surface area contributed by atoms with Crippen molar-refractivity contribution in [2.24, 2.45) is 0 Å². The van der Waals surface area contributed by atoms with Crippen LogP contribution in [0.2, 0.25) is 0 Å². The van der Waals surface area contributed by atoms with Gasteiger partial charge in [-0.25, -0.2) is 4.79 Å². The van der Waals surface area contributed by atoms with Crippen molar-refractivity contribution in [3.05, 3.63) is 51.2 Å². The van der Waals surface area contributed by atoms with E-state index in [1.165, 1.54) is 0 Å². The molecule has 0 atom stereocenters. The third-order valence-electron chi connectivity index (χ3n) is 3.65. The van der Waals surface area contributed by atoms with Crippen molar-refractivity contribution in [2.45, 2.75) is 34.6 Å². The topological polar surface area (TPSA) is 87.0 Å². The molecule has 0 radical (unpaired) electrons. The molecule has 1 aliphatic rings. The molecule has 2 heterocycles. The van der Waals surface area contributed by atoms with E-state index in [4.69, 9.17) is 19.7 Å². The first-order valence-corrected chi connectivity index (χ1v) is 7.05. The molecule has 116 valence electrons. The highest BCUT2D eigenvalue weighted by molar-refractivity contribution is 6.07. The van der Waals surface area contributed by atoms with Gasteiger partial charge < -0.3 is 9.15 Å². The van der Waals surface area contributed by atoms with E-state index in [9.17, 15) is 4.79 Å². The molecule has 0 spiro atoms. The van der Waals surface area contributed by atoms with Crippen molar-refractivity contribution in [2.75, 3.05) is 0 Å². The molecule has 0 amide bonds. The smallest absolute Gasteiger partial charge is 0.344 e. The number of nitriles is 2. The molecule has 0 N–H and O–H groups in total. The van der Waals surface area contributed by atoms with Gasteiger partial charge in [-0.05, 0) is 46.3 Å². The molecule has 0 unspecified atom stereocenters. The minimum absolute atomic E-state index is 0.0345. The molecule has 1 aliphatic heterocycles. The van der Waals surface area contributed by atoms with Crippen LogP contribution in [0.25, 0.3) is 5.57 Å². The Labute approximate surface area is 134 Å². The van der Waals surface area contributed by atoms with Crippen molar-refractivity contribution >= 4 is 11.5 Å². The Morgan fingerprint density at radius 3 is 2.13 bits per heavy atom. The largest absolute Gasteiger partial charge is 0.466 e. The van der Waals surface area contributed by atoms with E-state index in [0.29, 0.717) is 22.5 Å². The van der Waals surface area contributed by atoms with Gasteiger partial charge in [-0.15, -0.1) is 0 Å². The first-order chi connectivity index (χ1) is 10.8. The molecule has 0 aliphatic carbocycles. The van der Waals surface area contributed by atoms with Gasteiger partial charge >= 0.3 is 5.97 Å². The minimum Gasteiger partial charge on any atom is -0.466 e. The number of furan rings is 1. The average Bonchev–Trinajstić information content (AvgIpc) is 2.99. The van der Waals surface area contributed by atoms with E-state index >= 15 is 0 Å². The number of nitrogens with zero attached hydrogens (tertiary/aromatic N) is 2. The fourth-order valence-electron chi connectivity index (χ4n) is 2.67. The van der Waals surface area contributed by atoms with Gasteiger partial charge in [0.1, 0.15) is 23.7 Å². The highest BCUT2D eigenvalue weighted by Gasteiger charge is 2.36. The Bertz CT molecular complexity index is 860. The Morgan fingerprint density at radius 1 is 1.09 bits per heavy atom. The lowest BCUT2D eigenvalue weighted by Crippen LogP contribution is -1.99. The molecule has 5 heteroatoms. The van der Waals surface area contributed by atoms with Crippen LogP contribution in [-0.2, 0) is 9.53 Å². The maximum Gasteiger partial charge on any atom is 0.344 e. The first-order valence-electron chi connectivity index (χ1n) is 7.05. The molecule has 1 aromatic heterocycles. The summed E-state index contributed by atoms with van der Waals surface area (Å²) in [5.41, 5.74) is 2.96. The number of allylic oxidation sites excluding steroid dienone is 4. The third-order valence-corrected chi connectivity index (χ3v) is 3.65. The zero-order chi connectivity index (χ0) is 17.3. The normalized spacial score (nSPS) is 15.9. The standard InChI is InChI=1S/C18H16N2O3/c1-9(2)15-16(11(4)14-6-10(3)22-12(14)5)18(21)23-17(15)13(7-19)8-20/h6H,1-5H3/b16-11-. The van der Waals surface area contributed by atoms with Crippen molar-refractivity contribution in [1.82, 2.24) is 0 Å². The van der Waals surface area contributed by atoms with Crippen molar-refractivity contribution in [3.63, 3.8) is 0 Å². The molecule has 1 aromatic rings. The number of esters is 1. The molecule has 0 saturated carbocycles. The van der Waals surface area contributed by atoms with Crippen molar-refractivity contribution < 1.29 is 13.9 Å². The number of cyclic esters (lactones) is 1. The van der Waals surface area contributed by atoms with Gasteiger partial charge in [0.15, 0.2) is 11.3 Å². The number of rotatable bonds is 1. The van der Waals surface area contributed by atoms with E-state index < -0.39 is 5.97 Å². The summed E-state index contributed by atoms with van der Waals surface area (Å²) in [6, 6.07) is 5.41. The summed E-state index contributed by atoms with van der Waals surface area (Å²) in [6.07, 6.45) is 0. The van der Waals surface area contributed by atoms with Gasteiger partial charge in [0.05, 0.1) is 5.57 Å². The average molecular weight is 308 g/mol. The van der Waals surface area contributed by atoms with Crippen LogP contribution in [0.1, 0.15) is 37.9 Å². The van der Waals surface area contributed by atoms with Gasteiger partial charge in [0.25, 0.3) is 0 Å². The molecule has 0 bridgehead atoms. The Kier molecular flexibility index (Phi) is 4.24. The predicted octanol–water partition coefficient (Wildman–Crippen LogP) is 3.86. The quantitative estimate of drug-likeness (QED) is 0.446. The molecular weight excluding hydrogens is 292 g/mol. The SMILES string of the molecule is CC(C)=C1C(=C(C#N)C#N)OC(=O)/C1=C(/C)c1cc(C)oc1C. The summed E-state index contributed by atoms with van der Waals surface area (Å²) in [4.78, 5) is 12.4. The number of carbonyl (C=O) groups is 1. The highest BCUT2D eigenvalue weighted by Crippen LogP contribution is 2.40. The number of aryl methyl sites for hydroxylation is 2. The molecule has 0 aromatic carbocycles. The van der Waals surface area contributed by atoms with Crippen LogP contribution in [0.15, 0.2) is 38.5 Å². The fraction of sp³-hybridized carbons (Fsp3) is 0.278. The number of carbonyl (C=O) groups excluding carboxylic acids is 1. The maximum absolute atomic E-state index is 12.4. The zero-order valence-electron chi connectivity index (χ0n) is 13.7. The second-order valence-corrected chi connectivity index (χ2v) is 5.52. The molecule has 5 nitrogen and oxygen atoms in total. The first kappa shape index (κ1) is 16.3. The third kappa shape index (κ3) is 2.69. The van der Waals surface area contributed by atoms with Crippen molar-refractivity contribution in [3.8, 4) is 12.1 Å². The number of ether oxygens (including phenoxy) is 1. The lowest BCUT2D eigenvalue weighted by atomic mass is 9.93. The summed E-state index contributed by atoms with van der Waals surface area (Å²) in [6.45, 7) is 9.08. The summed E-state index contributed by atoms with van der Waals surface area (Å²) < 4.78 is 10.8. The Morgan fingerprint density at radius 2 is 1.70 bits per heavy atom. The van der Waals surface area contributed by atoms with Gasteiger partial charge in [0.2, 0.25) is 0 Å². The van der Waals surface area contributed by atoms with Crippen LogP contribution in [0, 0.1) is 36.5 Å². The molecule has 2 rings (SSSR count). The molecule has 1 fully saturated rings. The van der Waals surface area contributed by atoms with Crippen LogP contribution >= 0.6 is 0 Å². The molecule has 1 saturated heterocycles. The summed E-state index contributed by atoms with van der Waals surface area (Å²) in [5, 5.41) is 18.2. The van der Waals surface area contributed by atoms with E-state index in [1.54, 1.807) is 19.1 Å². The fourth-order valence-corrected chi connectivity index (χ4v) is 2.67. The zero-order valence-corrected chi connectivity index (χ0v) is 13.7. The van der Waals surface area contributed by atoms with E-state index in [0.717, 1.165) is 16.9 Å². The van der Waals surface area contributed by atoms with Crippen LogP contribution in [0.5, 0.6) is 0 Å². The summed E-state index contributed by atoms with van der Waals surface area (Å²) in [7, 11) is 0. The molecule has 23 heavy (non-hydrogen) atoms. The van der Waals surface area contributed by atoms with E-state index in [1.807, 2.05) is 33.8 Å². The van der Waals surface area contributed by atoms with Gasteiger partial charge in [0, 0.05) is 11.1 Å². The van der Waals surface area contributed by atoms with Gasteiger partial charge in [-0.3, -0.25) is 0 Å². The van der Waals surface area contributed by atoms with E-state index in [-0.39, 0.29) is 11.3 Å². The van der Waals surface area contributed by atoms with Gasteiger partial charge in [-0.1, -0.05) is 5.57 Å². The maximum atomic E-state index is 12.4. The summed E-state index contributed by atoms with van der Waals surface area (Å²) in [5.74, 6) is 0.918. The Balaban J connectivity index is 2.80. The lowest BCUT2D eigenvalue weighted by molar-refractivity contribution is -0.132. The second-order valence-electron chi connectivity index (χ2n) is 5.52. The van der Waals surface area contributed by atoms with Crippen LogP contribution in [0.4, 0.5) is 0 Å². The van der Waals surface area contributed by atoms with Crippen molar-refractivity contribution in [1.29, 1.82) is 10.5 Å². The van der Waals surface area contributed by atoms with Crippen LogP contribution in [-0.4, -0.2) is 5.97 Å². The van der Waals surface area contributed by atoms with Crippen LogP contribution in [0.3, 0.4) is 0 Å². The summed E-state index contributed by atoms with van der Waals surface area (Å²) >= 11 is 0. The lowest BCUT2D eigenvalue weighted by Gasteiger charge is -2.06. The molecular formula is C18H16N2O3. The predicted molar refractivity (Wildman–Crippen MR) is 83.5 cm³/mol.